The van der Waals surface area contributed by atoms with Crippen LogP contribution in [0.4, 0.5) is 0 Å². The van der Waals surface area contributed by atoms with E-state index in [1.807, 2.05) is 0 Å². The maximum absolute atomic E-state index is 11.1. The Balaban J connectivity index is 0.00000144. The highest BCUT2D eigenvalue weighted by Gasteiger charge is 2.21. The van der Waals surface area contributed by atoms with Gasteiger partial charge in [0.15, 0.2) is 0 Å². The third kappa shape index (κ3) is 3.86. The Kier molecular flexibility index (Phi) is 5.01. The van der Waals surface area contributed by atoms with Crippen LogP contribution < -0.4 is 10.6 Å². The first-order valence-corrected chi connectivity index (χ1v) is 3.93. The van der Waals surface area contributed by atoms with Gasteiger partial charge >= 0.3 is 5.97 Å². The molecule has 1 aliphatic rings. The minimum Gasteiger partial charge on any atom is -0.480 e. The molecule has 1 saturated heterocycles. The lowest BCUT2D eigenvalue weighted by Gasteiger charge is -2.08. The van der Waals surface area contributed by atoms with Crippen LogP contribution in [0, 0.1) is 0 Å². The van der Waals surface area contributed by atoms with E-state index in [0.717, 1.165) is 19.4 Å². The first-order chi connectivity index (χ1) is 5.70. The van der Waals surface area contributed by atoms with Crippen LogP contribution in [0.5, 0.6) is 0 Å². The van der Waals surface area contributed by atoms with Crippen molar-refractivity contribution in [3.63, 3.8) is 0 Å². The minimum atomic E-state index is -1.01. The number of carboxylic acids is 1. The van der Waals surface area contributed by atoms with Gasteiger partial charge in [-0.25, -0.2) is 0 Å². The second-order valence-electron chi connectivity index (χ2n) is 2.76. The summed E-state index contributed by atoms with van der Waals surface area (Å²) in [6.07, 6.45) is 1.77. The molecule has 1 atom stereocenters. The Morgan fingerprint density at radius 3 is 2.69 bits per heavy atom. The molecule has 13 heavy (non-hydrogen) atoms. The molecule has 0 spiro atoms. The van der Waals surface area contributed by atoms with E-state index in [9.17, 15) is 9.59 Å². The van der Waals surface area contributed by atoms with Crippen molar-refractivity contribution in [3.8, 4) is 0 Å². The fraction of sp³-hybridized carbons (Fsp3) is 0.714. The molecule has 1 amide bonds. The molecule has 1 aliphatic heterocycles. The highest BCUT2D eigenvalue weighted by molar-refractivity contribution is 5.85. The first kappa shape index (κ1) is 11.9. The summed E-state index contributed by atoms with van der Waals surface area (Å²) < 4.78 is 0. The second kappa shape index (κ2) is 5.50. The number of aliphatic carboxylic acids is 1. The number of amides is 1. The third-order valence-corrected chi connectivity index (χ3v) is 1.79. The van der Waals surface area contributed by atoms with E-state index in [4.69, 9.17) is 5.11 Å². The van der Waals surface area contributed by atoms with Crippen molar-refractivity contribution in [2.24, 2.45) is 0 Å². The van der Waals surface area contributed by atoms with E-state index in [0.29, 0.717) is 0 Å². The predicted molar refractivity (Wildman–Crippen MR) is 45.3 cm³/mol. The van der Waals surface area contributed by atoms with Crippen molar-refractivity contribution in [1.82, 2.24) is 10.6 Å². The number of hydrogen-bond donors (Lipinski definition) is 3. The van der Waals surface area contributed by atoms with Crippen LogP contribution in [0.1, 0.15) is 12.8 Å². The molecule has 76 valence electrons. The summed E-state index contributed by atoms with van der Waals surface area (Å²) in [6, 6.07) is -0.190. The molecule has 1 rings (SSSR count). The molecule has 1 heterocycles. The van der Waals surface area contributed by atoms with Gasteiger partial charge < -0.3 is 21.2 Å². The van der Waals surface area contributed by atoms with Crippen molar-refractivity contribution in [2.45, 2.75) is 18.9 Å². The smallest absolute Gasteiger partial charge is 0.322 e. The molecule has 0 bridgehead atoms. The van der Waals surface area contributed by atoms with E-state index >= 15 is 0 Å². The molecule has 0 aliphatic carbocycles. The van der Waals surface area contributed by atoms with Gasteiger partial charge in [0.2, 0.25) is 5.91 Å². The van der Waals surface area contributed by atoms with Crippen LogP contribution >= 0.6 is 0 Å². The van der Waals surface area contributed by atoms with Crippen LogP contribution in [-0.4, -0.2) is 41.6 Å². The van der Waals surface area contributed by atoms with Gasteiger partial charge in [-0.1, -0.05) is 0 Å². The largest absolute Gasteiger partial charge is 0.480 e. The van der Waals surface area contributed by atoms with E-state index in [-0.39, 0.29) is 24.0 Å². The molecule has 0 unspecified atom stereocenters. The van der Waals surface area contributed by atoms with Crippen molar-refractivity contribution in [3.05, 3.63) is 0 Å². The quantitative estimate of drug-likeness (QED) is 0.483. The molecule has 0 aromatic rings. The number of nitrogens with one attached hydrogen (secondary N) is 2. The summed E-state index contributed by atoms with van der Waals surface area (Å²) in [7, 11) is 0. The molecular weight excluding hydrogens is 176 g/mol. The molecule has 5 N–H and O–H groups in total. The molecule has 1 fully saturated rings. The molecule has 0 aromatic carbocycles. The summed E-state index contributed by atoms with van der Waals surface area (Å²) in [5.74, 6) is -1.23. The zero-order valence-corrected chi connectivity index (χ0v) is 7.17. The maximum atomic E-state index is 11.1. The van der Waals surface area contributed by atoms with E-state index < -0.39 is 5.97 Å². The standard InChI is InChI=1S/C7H12N2O3.H2O/c10-6(11)4-9-7(12)5-2-1-3-8-5;/h5,8H,1-4H2,(H,9,12)(H,10,11);1H2/t5-;/m0./s1. The van der Waals surface area contributed by atoms with Crippen molar-refractivity contribution < 1.29 is 20.2 Å². The van der Waals surface area contributed by atoms with Crippen molar-refractivity contribution in [2.75, 3.05) is 13.1 Å². The van der Waals surface area contributed by atoms with Gasteiger partial charge in [0, 0.05) is 0 Å². The molecule has 6 heteroatoms. The Labute approximate surface area is 75.6 Å². The second-order valence-corrected chi connectivity index (χ2v) is 2.76. The SMILES string of the molecule is O.O=C(O)CNC(=O)[C@@H]1CCCN1. The topological polar surface area (TPSA) is 110 Å². The van der Waals surface area contributed by atoms with Crippen LogP contribution in [0.25, 0.3) is 0 Å². The van der Waals surface area contributed by atoms with Crippen molar-refractivity contribution >= 4 is 11.9 Å². The Hall–Kier alpha value is -1.14. The van der Waals surface area contributed by atoms with Gasteiger partial charge in [0.05, 0.1) is 6.04 Å². The predicted octanol–water partition coefficient (Wildman–Crippen LogP) is -1.89. The summed E-state index contributed by atoms with van der Waals surface area (Å²) in [6.45, 7) is 0.544. The lowest BCUT2D eigenvalue weighted by molar-refractivity contribution is -0.138. The summed E-state index contributed by atoms with van der Waals surface area (Å²) in [5.41, 5.74) is 0. The highest BCUT2D eigenvalue weighted by atomic mass is 16.4. The van der Waals surface area contributed by atoms with Gasteiger partial charge in [-0.05, 0) is 19.4 Å². The summed E-state index contributed by atoms with van der Waals surface area (Å²) in [4.78, 5) is 21.2. The van der Waals surface area contributed by atoms with Crippen LogP contribution in [-0.2, 0) is 9.59 Å². The maximum Gasteiger partial charge on any atom is 0.322 e. The highest BCUT2D eigenvalue weighted by Crippen LogP contribution is 2.03. The number of rotatable bonds is 3. The first-order valence-electron chi connectivity index (χ1n) is 3.93. The number of carboxylic acid groups (broad SMARTS) is 1. The molecular formula is C7H14N2O4. The van der Waals surface area contributed by atoms with Crippen LogP contribution in [0.3, 0.4) is 0 Å². The number of carbonyl (C=O) groups excluding carboxylic acids is 1. The van der Waals surface area contributed by atoms with Crippen molar-refractivity contribution in [1.29, 1.82) is 0 Å². The molecule has 6 nitrogen and oxygen atoms in total. The Bertz CT molecular complexity index is 189. The molecule has 0 aromatic heterocycles. The fourth-order valence-electron chi connectivity index (χ4n) is 1.19. The zero-order chi connectivity index (χ0) is 8.97. The van der Waals surface area contributed by atoms with Gasteiger partial charge in [-0.15, -0.1) is 0 Å². The van der Waals surface area contributed by atoms with Gasteiger partial charge in [0.25, 0.3) is 0 Å². The summed E-state index contributed by atoms with van der Waals surface area (Å²) >= 11 is 0. The minimum absolute atomic E-state index is 0. The normalized spacial score (nSPS) is 20.5. The Morgan fingerprint density at radius 1 is 1.54 bits per heavy atom. The fourth-order valence-corrected chi connectivity index (χ4v) is 1.19. The van der Waals surface area contributed by atoms with Gasteiger partial charge in [-0.3, -0.25) is 9.59 Å². The monoisotopic (exact) mass is 190 g/mol. The van der Waals surface area contributed by atoms with Crippen LogP contribution in [0.2, 0.25) is 0 Å². The van der Waals surface area contributed by atoms with Gasteiger partial charge in [-0.2, -0.15) is 0 Å². The van der Waals surface area contributed by atoms with E-state index in [2.05, 4.69) is 10.6 Å². The zero-order valence-electron chi connectivity index (χ0n) is 7.17. The number of carbonyl (C=O) groups is 2. The lowest BCUT2D eigenvalue weighted by atomic mass is 10.2. The Morgan fingerprint density at radius 2 is 2.23 bits per heavy atom. The number of hydrogen-bond acceptors (Lipinski definition) is 3. The van der Waals surface area contributed by atoms with Gasteiger partial charge in [0.1, 0.15) is 6.54 Å². The average molecular weight is 190 g/mol. The average Bonchev–Trinajstić information content (AvgIpc) is 2.51. The third-order valence-electron chi connectivity index (χ3n) is 1.79. The van der Waals surface area contributed by atoms with E-state index in [1.165, 1.54) is 0 Å². The molecule has 0 radical (unpaired) electrons. The molecule has 0 saturated carbocycles. The lowest BCUT2D eigenvalue weighted by Crippen LogP contribution is -2.42. The van der Waals surface area contributed by atoms with E-state index in [1.54, 1.807) is 0 Å². The van der Waals surface area contributed by atoms with Crippen LogP contribution in [0.15, 0.2) is 0 Å². The summed E-state index contributed by atoms with van der Waals surface area (Å²) in [5, 5.41) is 13.6.